The first-order chi connectivity index (χ1) is 23.1. The molecular formula is C40H82NaO6P. The molecule has 0 atom stereocenters. The molecule has 0 fully saturated rings. The summed E-state index contributed by atoms with van der Waals surface area (Å²) in [5.41, 5.74) is 0. The second kappa shape index (κ2) is 44.2. The van der Waals surface area contributed by atoms with Gasteiger partial charge in [-0.15, -0.1) is 0 Å². The van der Waals surface area contributed by atoms with Crippen molar-refractivity contribution in [1.29, 1.82) is 0 Å². The monoisotopic (exact) mass is 713 g/mol. The molecule has 0 N–H and O–H groups in total. The molecule has 0 aliphatic rings. The number of hydrogen-bond donors (Lipinski definition) is 0. The van der Waals surface area contributed by atoms with Crippen LogP contribution in [0.15, 0.2) is 0 Å². The molecule has 0 amide bonds. The molecule has 0 aliphatic heterocycles. The predicted molar refractivity (Wildman–Crippen MR) is 200 cm³/mol. The van der Waals surface area contributed by atoms with E-state index in [0.717, 1.165) is 12.8 Å². The summed E-state index contributed by atoms with van der Waals surface area (Å²) in [5, 5.41) is 0. The summed E-state index contributed by atoms with van der Waals surface area (Å²) >= 11 is 0. The van der Waals surface area contributed by atoms with Crippen LogP contribution in [-0.4, -0.2) is 39.6 Å². The summed E-state index contributed by atoms with van der Waals surface area (Å²) in [4.78, 5) is 11.9. The Labute approximate surface area is 322 Å². The van der Waals surface area contributed by atoms with Gasteiger partial charge in [-0.3, -0.25) is 4.57 Å². The number of phosphoric ester groups is 1. The SMILES string of the molecule is CCCCCCCCCCCCCCCCCCOCCOP(=O)([O-])OCCOCCCCCCCCCCCCCCCCCC.[Na+]. The van der Waals surface area contributed by atoms with Crippen LogP contribution in [0.2, 0.25) is 0 Å². The first kappa shape index (κ1) is 51.1. The summed E-state index contributed by atoms with van der Waals surface area (Å²) in [5.74, 6) is 0. The van der Waals surface area contributed by atoms with Crippen LogP contribution in [0.4, 0.5) is 0 Å². The van der Waals surface area contributed by atoms with Crippen molar-refractivity contribution in [3.63, 3.8) is 0 Å². The zero-order chi connectivity index (χ0) is 34.2. The van der Waals surface area contributed by atoms with Gasteiger partial charge in [-0.1, -0.05) is 206 Å². The van der Waals surface area contributed by atoms with Crippen molar-refractivity contribution in [2.24, 2.45) is 0 Å². The van der Waals surface area contributed by atoms with Gasteiger partial charge in [0.05, 0.1) is 26.4 Å². The van der Waals surface area contributed by atoms with Gasteiger partial charge in [-0.05, 0) is 12.8 Å². The zero-order valence-corrected chi connectivity index (χ0v) is 35.7. The van der Waals surface area contributed by atoms with Crippen molar-refractivity contribution in [3.05, 3.63) is 0 Å². The Morgan fingerprint density at radius 1 is 0.333 bits per heavy atom. The Balaban J connectivity index is 0. The number of unbranched alkanes of at least 4 members (excludes halogenated alkanes) is 30. The normalized spacial score (nSPS) is 11.7. The Morgan fingerprint density at radius 2 is 0.542 bits per heavy atom. The van der Waals surface area contributed by atoms with E-state index in [1.165, 1.54) is 193 Å². The number of ether oxygens (including phenoxy) is 2. The van der Waals surface area contributed by atoms with Crippen LogP contribution < -0.4 is 34.5 Å². The van der Waals surface area contributed by atoms with Gasteiger partial charge in [-0.25, -0.2) is 0 Å². The van der Waals surface area contributed by atoms with Gasteiger partial charge < -0.3 is 23.4 Å². The summed E-state index contributed by atoms with van der Waals surface area (Å²) in [6.45, 7) is 6.40. The van der Waals surface area contributed by atoms with E-state index in [1.807, 2.05) is 0 Å². The van der Waals surface area contributed by atoms with E-state index >= 15 is 0 Å². The number of rotatable bonds is 42. The molecule has 0 aromatic rings. The van der Waals surface area contributed by atoms with Crippen LogP contribution in [0.5, 0.6) is 0 Å². The van der Waals surface area contributed by atoms with Crippen molar-refractivity contribution >= 4 is 7.82 Å². The van der Waals surface area contributed by atoms with Crippen LogP contribution >= 0.6 is 7.82 Å². The molecule has 0 spiro atoms. The van der Waals surface area contributed by atoms with Gasteiger partial charge in [0, 0.05) is 13.2 Å². The Bertz CT molecular complexity index is 579. The summed E-state index contributed by atoms with van der Waals surface area (Å²) < 4.78 is 32.7. The molecule has 8 heteroatoms. The predicted octanol–water partition coefficient (Wildman–Crippen LogP) is 10.0. The third-order valence-electron chi connectivity index (χ3n) is 9.24. The van der Waals surface area contributed by atoms with E-state index in [0.29, 0.717) is 13.2 Å². The minimum atomic E-state index is -4.29. The van der Waals surface area contributed by atoms with Crippen molar-refractivity contribution < 1.29 is 57.5 Å². The molecule has 0 aromatic heterocycles. The van der Waals surface area contributed by atoms with Gasteiger partial charge in [0.2, 0.25) is 0 Å². The average Bonchev–Trinajstić information content (AvgIpc) is 3.06. The molecule has 0 aromatic carbocycles. The molecule has 0 rings (SSSR count). The molecule has 0 heterocycles. The number of hydrogen-bond acceptors (Lipinski definition) is 6. The molecule has 0 saturated heterocycles. The molecular weight excluding hydrogens is 630 g/mol. The van der Waals surface area contributed by atoms with Crippen LogP contribution in [0, 0.1) is 0 Å². The van der Waals surface area contributed by atoms with E-state index in [-0.39, 0.29) is 56.0 Å². The minimum Gasteiger partial charge on any atom is -0.756 e. The van der Waals surface area contributed by atoms with E-state index in [1.54, 1.807) is 0 Å². The Kier molecular flexibility index (Phi) is 47.1. The smallest absolute Gasteiger partial charge is 0.756 e. The maximum Gasteiger partial charge on any atom is 1.00 e. The summed E-state index contributed by atoms with van der Waals surface area (Å²) in [6.07, 6.45) is 43.1. The second-order valence-electron chi connectivity index (χ2n) is 13.9. The van der Waals surface area contributed by atoms with Crippen LogP contribution in [0.3, 0.4) is 0 Å². The number of phosphoric acid groups is 1. The summed E-state index contributed by atoms with van der Waals surface area (Å²) in [6, 6.07) is 0. The molecule has 0 radical (unpaired) electrons. The molecule has 6 nitrogen and oxygen atoms in total. The van der Waals surface area contributed by atoms with Crippen molar-refractivity contribution in [3.8, 4) is 0 Å². The van der Waals surface area contributed by atoms with Gasteiger partial charge in [0.15, 0.2) is 0 Å². The maximum atomic E-state index is 11.9. The molecule has 284 valence electrons. The molecule has 0 unspecified atom stereocenters. The maximum absolute atomic E-state index is 11.9. The van der Waals surface area contributed by atoms with E-state index in [9.17, 15) is 9.46 Å². The van der Waals surface area contributed by atoms with Crippen LogP contribution in [0.25, 0.3) is 0 Å². The topological polar surface area (TPSA) is 77.1 Å². The third-order valence-corrected chi connectivity index (χ3v) is 10.2. The second-order valence-corrected chi connectivity index (χ2v) is 15.4. The minimum absolute atomic E-state index is 0. The van der Waals surface area contributed by atoms with Gasteiger partial charge >= 0.3 is 29.6 Å². The fourth-order valence-corrected chi connectivity index (χ4v) is 6.83. The molecule has 0 bridgehead atoms. The standard InChI is InChI=1S/C40H83O6P.Na/c1-3-5-7-9-11-13-15-17-19-21-23-25-27-29-31-33-35-43-37-39-45-47(41,42)46-40-38-44-36-34-32-30-28-26-24-22-20-18-16-14-12-10-8-6-4-2;/h3-40H2,1-2H3,(H,41,42);/q;+1/p-1. The van der Waals surface area contributed by atoms with E-state index in [2.05, 4.69) is 13.8 Å². The Morgan fingerprint density at radius 3 is 0.771 bits per heavy atom. The zero-order valence-electron chi connectivity index (χ0n) is 32.8. The van der Waals surface area contributed by atoms with Crippen molar-refractivity contribution in [2.75, 3.05) is 39.6 Å². The van der Waals surface area contributed by atoms with Gasteiger partial charge in [0.1, 0.15) is 0 Å². The van der Waals surface area contributed by atoms with Gasteiger partial charge in [0.25, 0.3) is 7.82 Å². The van der Waals surface area contributed by atoms with E-state index < -0.39 is 7.82 Å². The van der Waals surface area contributed by atoms with Crippen LogP contribution in [0.1, 0.15) is 219 Å². The fraction of sp³-hybridized carbons (Fsp3) is 1.00. The van der Waals surface area contributed by atoms with Crippen molar-refractivity contribution in [2.45, 2.75) is 219 Å². The third kappa shape index (κ3) is 45.1. The van der Waals surface area contributed by atoms with Crippen LogP contribution in [-0.2, 0) is 23.1 Å². The molecule has 0 aliphatic carbocycles. The van der Waals surface area contributed by atoms with E-state index in [4.69, 9.17) is 18.5 Å². The average molecular weight is 713 g/mol. The largest absolute Gasteiger partial charge is 1.00 e. The molecule has 48 heavy (non-hydrogen) atoms. The first-order valence-corrected chi connectivity index (χ1v) is 22.3. The van der Waals surface area contributed by atoms with Gasteiger partial charge in [-0.2, -0.15) is 0 Å². The fourth-order valence-electron chi connectivity index (χ4n) is 6.16. The molecule has 0 saturated carbocycles. The quantitative estimate of drug-likeness (QED) is 0.0356. The summed E-state index contributed by atoms with van der Waals surface area (Å²) in [7, 11) is -4.29. The Hall–Kier alpha value is 1.03. The first-order valence-electron chi connectivity index (χ1n) is 20.9. The van der Waals surface area contributed by atoms with Crippen molar-refractivity contribution in [1.82, 2.24) is 0 Å².